The Morgan fingerprint density at radius 3 is 2.67 bits per heavy atom. The van der Waals surface area contributed by atoms with Crippen molar-refractivity contribution >= 4 is 21.8 Å². The minimum atomic E-state index is -2.76. The Kier molecular flexibility index (Phi) is 4.00. The fourth-order valence-corrected chi connectivity index (χ4v) is 3.28. The first-order chi connectivity index (χ1) is 9.94. The second-order valence-electron chi connectivity index (χ2n) is 5.69. The molecule has 2 saturated heterocycles. The molecule has 0 saturated carbocycles. The summed E-state index contributed by atoms with van der Waals surface area (Å²) in [7, 11) is 0. The predicted octanol–water partition coefficient (Wildman–Crippen LogP) is 1.81. The van der Waals surface area contributed by atoms with Crippen molar-refractivity contribution < 1.29 is 13.6 Å². The van der Waals surface area contributed by atoms with E-state index in [0.717, 1.165) is 17.3 Å². The summed E-state index contributed by atoms with van der Waals surface area (Å²) in [5, 5.41) is 6.89. The highest BCUT2D eigenvalue weighted by atomic mass is 79.9. The molecule has 0 radical (unpaired) electrons. The molecule has 5 nitrogen and oxygen atoms in total. The molecule has 1 N–H and O–H groups in total. The predicted molar refractivity (Wildman–Crippen MR) is 76.1 cm³/mol. The normalized spacial score (nSPS) is 26.2. The van der Waals surface area contributed by atoms with Crippen LogP contribution in [0, 0.1) is 0 Å². The Labute approximate surface area is 129 Å². The largest absolute Gasteiger partial charge is 0.341 e. The number of amides is 1. The van der Waals surface area contributed by atoms with Crippen molar-refractivity contribution in [2.24, 2.45) is 0 Å². The monoisotopic (exact) mass is 362 g/mol. The number of rotatable bonds is 2. The molecule has 0 aromatic carbocycles. The number of hydrogen-bond acceptors (Lipinski definition) is 3. The van der Waals surface area contributed by atoms with Crippen molar-refractivity contribution in [3.63, 3.8) is 0 Å². The van der Waals surface area contributed by atoms with Crippen LogP contribution < -0.4 is 5.32 Å². The quantitative estimate of drug-likeness (QED) is 0.872. The van der Waals surface area contributed by atoms with Crippen molar-refractivity contribution in [1.29, 1.82) is 0 Å². The second-order valence-corrected chi connectivity index (χ2v) is 6.60. The topological polar surface area (TPSA) is 50.2 Å². The Hall–Kier alpha value is -1.02. The summed E-state index contributed by atoms with van der Waals surface area (Å²) in [4.78, 5) is 13.9. The highest BCUT2D eigenvalue weighted by molar-refractivity contribution is 9.10. The molecule has 2 aliphatic rings. The minimum Gasteiger partial charge on any atom is -0.341 e. The van der Waals surface area contributed by atoms with Gasteiger partial charge in [-0.3, -0.25) is 14.8 Å². The Morgan fingerprint density at radius 2 is 2.14 bits per heavy atom. The van der Waals surface area contributed by atoms with E-state index in [2.05, 4.69) is 26.3 Å². The molecule has 2 aliphatic heterocycles. The van der Waals surface area contributed by atoms with E-state index >= 15 is 0 Å². The molecule has 1 atom stereocenters. The molecule has 2 fully saturated rings. The molecule has 3 rings (SSSR count). The van der Waals surface area contributed by atoms with E-state index in [0.29, 0.717) is 13.1 Å². The van der Waals surface area contributed by atoms with Gasteiger partial charge in [0.2, 0.25) is 5.91 Å². The van der Waals surface area contributed by atoms with Gasteiger partial charge < -0.3 is 4.90 Å². The van der Waals surface area contributed by atoms with Gasteiger partial charge in [-0.2, -0.15) is 5.10 Å². The number of nitrogens with one attached hydrogen (secondary N) is 1. The van der Waals surface area contributed by atoms with E-state index < -0.39 is 24.9 Å². The molecule has 8 heteroatoms. The Morgan fingerprint density at radius 1 is 1.43 bits per heavy atom. The Balaban J connectivity index is 1.55. The second kappa shape index (κ2) is 5.64. The van der Waals surface area contributed by atoms with Gasteiger partial charge in [0.25, 0.3) is 5.92 Å². The lowest BCUT2D eigenvalue weighted by atomic mass is 10.0. The van der Waals surface area contributed by atoms with E-state index in [-0.39, 0.29) is 11.9 Å². The molecular formula is C13H17BrF2N4O. The molecule has 0 bridgehead atoms. The summed E-state index contributed by atoms with van der Waals surface area (Å²) in [5.41, 5.74) is 0. The van der Waals surface area contributed by atoms with Crippen LogP contribution in [0.1, 0.15) is 25.3 Å². The maximum Gasteiger partial charge on any atom is 0.262 e. The van der Waals surface area contributed by atoms with Crippen molar-refractivity contribution in [2.45, 2.75) is 37.3 Å². The van der Waals surface area contributed by atoms with Crippen LogP contribution in [0.5, 0.6) is 0 Å². The smallest absolute Gasteiger partial charge is 0.262 e. The van der Waals surface area contributed by atoms with Gasteiger partial charge in [-0.25, -0.2) is 8.78 Å². The molecule has 0 aliphatic carbocycles. The van der Waals surface area contributed by atoms with E-state index in [1.165, 1.54) is 0 Å². The zero-order chi connectivity index (χ0) is 15.0. The first-order valence-corrected chi connectivity index (χ1v) is 7.83. The summed E-state index contributed by atoms with van der Waals surface area (Å²) in [6.07, 6.45) is 4.85. The highest BCUT2D eigenvalue weighted by Gasteiger charge is 2.43. The van der Waals surface area contributed by atoms with E-state index in [9.17, 15) is 13.6 Å². The van der Waals surface area contributed by atoms with Gasteiger partial charge >= 0.3 is 0 Å². The molecule has 21 heavy (non-hydrogen) atoms. The molecule has 1 amide bonds. The van der Waals surface area contributed by atoms with E-state index in [4.69, 9.17) is 0 Å². The van der Waals surface area contributed by atoms with Crippen LogP contribution in [-0.4, -0.2) is 52.2 Å². The van der Waals surface area contributed by atoms with Crippen molar-refractivity contribution in [1.82, 2.24) is 20.0 Å². The number of carbonyl (C=O) groups is 1. The molecular weight excluding hydrogens is 346 g/mol. The average molecular weight is 363 g/mol. The maximum atomic E-state index is 13.2. The molecule has 116 valence electrons. The minimum absolute atomic E-state index is 0.202. The first kappa shape index (κ1) is 14.9. The number of nitrogens with zero attached hydrogens (tertiary/aromatic N) is 3. The molecule has 1 aromatic rings. The third-order valence-electron chi connectivity index (χ3n) is 4.13. The van der Waals surface area contributed by atoms with Crippen LogP contribution in [-0.2, 0) is 4.79 Å². The van der Waals surface area contributed by atoms with Gasteiger partial charge in [-0.1, -0.05) is 0 Å². The fraction of sp³-hybridized carbons (Fsp3) is 0.692. The lowest BCUT2D eigenvalue weighted by Crippen LogP contribution is -2.47. The maximum absolute atomic E-state index is 13.2. The zero-order valence-electron chi connectivity index (χ0n) is 11.4. The molecule has 3 heterocycles. The molecule has 0 spiro atoms. The Bertz CT molecular complexity index is 528. The number of aromatic nitrogens is 2. The summed E-state index contributed by atoms with van der Waals surface area (Å²) in [5.74, 6) is -2.97. The number of halogens is 3. The standard InChI is InChI=1S/C13H17BrF2N4O/c14-9-6-18-20(7-9)10-1-3-19(4-2-10)12(21)11-5-13(15,16)8-17-11/h6-7,10-11,17H,1-5,8H2. The number of likely N-dealkylation sites (tertiary alicyclic amines) is 1. The number of alkyl halides is 2. The summed E-state index contributed by atoms with van der Waals surface area (Å²) < 4.78 is 29.1. The molecule has 1 unspecified atom stereocenters. The van der Waals surface area contributed by atoms with E-state index in [1.807, 2.05) is 10.9 Å². The summed E-state index contributed by atoms with van der Waals surface area (Å²) in [6, 6.07) is -0.478. The van der Waals surface area contributed by atoms with Crippen LogP contribution in [0.3, 0.4) is 0 Å². The first-order valence-electron chi connectivity index (χ1n) is 7.04. The van der Waals surface area contributed by atoms with Crippen LogP contribution in [0.25, 0.3) is 0 Å². The highest BCUT2D eigenvalue weighted by Crippen LogP contribution is 2.28. The average Bonchev–Trinajstić information content (AvgIpc) is 3.04. The third kappa shape index (κ3) is 3.26. The van der Waals surface area contributed by atoms with Crippen LogP contribution in [0.2, 0.25) is 0 Å². The summed E-state index contributed by atoms with van der Waals surface area (Å²) in [6.45, 7) is 0.774. The van der Waals surface area contributed by atoms with E-state index in [1.54, 1.807) is 11.1 Å². The zero-order valence-corrected chi connectivity index (χ0v) is 13.0. The van der Waals surface area contributed by atoms with Crippen LogP contribution in [0.4, 0.5) is 8.78 Å². The van der Waals surface area contributed by atoms with Crippen molar-refractivity contribution in [3.05, 3.63) is 16.9 Å². The number of hydrogen-bond donors (Lipinski definition) is 1. The van der Waals surface area contributed by atoms with Crippen LogP contribution in [0.15, 0.2) is 16.9 Å². The van der Waals surface area contributed by atoms with Crippen LogP contribution >= 0.6 is 15.9 Å². The van der Waals surface area contributed by atoms with Gasteiger partial charge in [0.15, 0.2) is 0 Å². The van der Waals surface area contributed by atoms with Gasteiger partial charge in [0.05, 0.1) is 29.3 Å². The SMILES string of the molecule is O=C(C1CC(F)(F)CN1)N1CCC(n2cc(Br)cn2)CC1. The van der Waals surface area contributed by atoms with Gasteiger partial charge in [0.1, 0.15) is 0 Å². The lowest BCUT2D eigenvalue weighted by molar-refractivity contribution is -0.135. The molecule has 1 aromatic heterocycles. The summed E-state index contributed by atoms with van der Waals surface area (Å²) >= 11 is 3.36. The third-order valence-corrected chi connectivity index (χ3v) is 4.54. The number of piperidine rings is 1. The van der Waals surface area contributed by atoms with Crippen molar-refractivity contribution in [2.75, 3.05) is 19.6 Å². The number of carbonyl (C=O) groups excluding carboxylic acids is 1. The fourth-order valence-electron chi connectivity index (χ4n) is 2.98. The van der Waals surface area contributed by atoms with Gasteiger partial charge in [0, 0.05) is 25.7 Å². The van der Waals surface area contributed by atoms with Gasteiger partial charge in [-0.15, -0.1) is 0 Å². The van der Waals surface area contributed by atoms with Crippen molar-refractivity contribution in [3.8, 4) is 0 Å². The van der Waals surface area contributed by atoms with Gasteiger partial charge in [-0.05, 0) is 28.8 Å². The lowest BCUT2D eigenvalue weighted by Gasteiger charge is -2.33.